The van der Waals surface area contributed by atoms with Gasteiger partial charge in [-0.3, -0.25) is 0 Å². The average molecular weight is 232 g/mol. The molecule has 0 aliphatic rings. The van der Waals surface area contributed by atoms with E-state index in [4.69, 9.17) is 13.3 Å². The van der Waals surface area contributed by atoms with Gasteiger partial charge in [0.1, 0.15) is 6.29 Å². The lowest BCUT2D eigenvalue weighted by Crippen LogP contribution is -2.47. The molecule has 0 aliphatic carbocycles. The van der Waals surface area contributed by atoms with Gasteiger partial charge in [0.15, 0.2) is 0 Å². The van der Waals surface area contributed by atoms with Crippen LogP contribution in [0, 0.1) is 0 Å². The van der Waals surface area contributed by atoms with Crippen molar-refractivity contribution in [3.8, 4) is 0 Å². The first kappa shape index (κ1) is 14.5. The zero-order valence-electron chi connectivity index (χ0n) is 9.86. The third kappa shape index (κ3) is 3.87. The molecule has 0 radical (unpaired) electrons. The second-order valence-electron chi connectivity index (χ2n) is 3.06. The summed E-state index contributed by atoms with van der Waals surface area (Å²) in [5, 5.41) is 0. The van der Waals surface area contributed by atoms with E-state index in [-0.39, 0.29) is 5.54 Å². The molecular formula is C10H20O4Si. The molecule has 0 aromatic rings. The van der Waals surface area contributed by atoms with E-state index in [1.54, 1.807) is 21.3 Å². The summed E-state index contributed by atoms with van der Waals surface area (Å²) >= 11 is 0. The van der Waals surface area contributed by atoms with Crippen LogP contribution in [-0.2, 0) is 18.1 Å². The van der Waals surface area contributed by atoms with Crippen molar-refractivity contribution in [3.63, 3.8) is 0 Å². The SMILES string of the molecule is CCC=CC(CC=O)[Si](OC)(OC)OC. The third-order valence-electron chi connectivity index (χ3n) is 2.26. The largest absolute Gasteiger partial charge is 0.507 e. The summed E-state index contributed by atoms with van der Waals surface area (Å²) in [6.45, 7) is 2.03. The Morgan fingerprint density at radius 2 is 1.73 bits per heavy atom. The van der Waals surface area contributed by atoms with Crippen LogP contribution in [0.3, 0.4) is 0 Å². The molecule has 0 saturated heterocycles. The fourth-order valence-electron chi connectivity index (χ4n) is 1.45. The Labute approximate surface area is 92.6 Å². The van der Waals surface area contributed by atoms with Gasteiger partial charge in [0.25, 0.3) is 0 Å². The van der Waals surface area contributed by atoms with Gasteiger partial charge in [0.05, 0.1) is 5.54 Å². The molecule has 0 N–H and O–H groups in total. The molecule has 0 bridgehead atoms. The molecule has 1 unspecified atom stereocenters. The minimum Gasteiger partial charge on any atom is -0.376 e. The predicted octanol–water partition coefficient (Wildman–Crippen LogP) is 1.79. The zero-order valence-corrected chi connectivity index (χ0v) is 10.9. The van der Waals surface area contributed by atoms with E-state index in [0.29, 0.717) is 6.42 Å². The van der Waals surface area contributed by atoms with E-state index in [2.05, 4.69) is 0 Å². The highest BCUT2D eigenvalue weighted by Gasteiger charge is 2.45. The van der Waals surface area contributed by atoms with Crippen LogP contribution < -0.4 is 0 Å². The molecule has 0 saturated carbocycles. The summed E-state index contributed by atoms with van der Waals surface area (Å²) in [5.74, 6) is 0. The van der Waals surface area contributed by atoms with E-state index in [1.807, 2.05) is 19.1 Å². The Balaban J connectivity index is 4.80. The molecule has 1 atom stereocenters. The Bertz CT molecular complexity index is 193. The van der Waals surface area contributed by atoms with Crippen LogP contribution in [0.5, 0.6) is 0 Å². The van der Waals surface area contributed by atoms with Gasteiger partial charge in [-0.2, -0.15) is 0 Å². The fourth-order valence-corrected chi connectivity index (χ4v) is 3.61. The van der Waals surface area contributed by atoms with Crippen LogP contribution in [0.25, 0.3) is 0 Å². The van der Waals surface area contributed by atoms with Crippen LogP contribution >= 0.6 is 0 Å². The first-order chi connectivity index (χ1) is 7.20. The molecule has 0 fully saturated rings. The monoisotopic (exact) mass is 232 g/mol. The van der Waals surface area contributed by atoms with Gasteiger partial charge < -0.3 is 18.1 Å². The normalized spacial score (nSPS) is 14.4. The molecule has 0 aromatic heterocycles. The number of rotatable bonds is 8. The maximum atomic E-state index is 10.6. The predicted molar refractivity (Wildman–Crippen MR) is 60.6 cm³/mol. The number of carbonyl (C=O) groups is 1. The maximum Gasteiger partial charge on any atom is 0.507 e. The minimum absolute atomic E-state index is 0.102. The third-order valence-corrected chi connectivity index (χ3v) is 5.31. The second kappa shape index (κ2) is 7.75. The van der Waals surface area contributed by atoms with Crippen LogP contribution in [-0.4, -0.2) is 36.4 Å². The number of hydrogen-bond donors (Lipinski definition) is 0. The molecule has 88 valence electrons. The Morgan fingerprint density at radius 1 is 1.20 bits per heavy atom. The molecule has 5 heteroatoms. The first-order valence-electron chi connectivity index (χ1n) is 4.96. The maximum absolute atomic E-state index is 10.6. The van der Waals surface area contributed by atoms with E-state index < -0.39 is 8.80 Å². The summed E-state index contributed by atoms with van der Waals surface area (Å²) in [5.41, 5.74) is -0.102. The number of carbonyl (C=O) groups excluding carboxylic acids is 1. The Kier molecular flexibility index (Phi) is 7.50. The van der Waals surface area contributed by atoms with E-state index in [9.17, 15) is 4.79 Å². The van der Waals surface area contributed by atoms with Crippen LogP contribution in [0.2, 0.25) is 5.54 Å². The molecule has 0 rings (SSSR count). The summed E-state index contributed by atoms with van der Waals surface area (Å²) in [7, 11) is 1.93. The van der Waals surface area contributed by atoms with Crippen molar-refractivity contribution in [2.45, 2.75) is 25.3 Å². The molecule has 0 spiro atoms. The second-order valence-corrected chi connectivity index (χ2v) is 6.23. The molecule has 15 heavy (non-hydrogen) atoms. The van der Waals surface area contributed by atoms with Crippen molar-refractivity contribution in [2.75, 3.05) is 21.3 Å². The average Bonchev–Trinajstić information content (AvgIpc) is 2.28. The lowest BCUT2D eigenvalue weighted by molar-refractivity contribution is -0.108. The number of hydrogen-bond acceptors (Lipinski definition) is 4. The van der Waals surface area contributed by atoms with Crippen molar-refractivity contribution in [3.05, 3.63) is 12.2 Å². The van der Waals surface area contributed by atoms with Crippen molar-refractivity contribution in [1.29, 1.82) is 0 Å². The van der Waals surface area contributed by atoms with Crippen molar-refractivity contribution >= 4 is 15.1 Å². The highest BCUT2D eigenvalue weighted by atomic mass is 28.4. The highest BCUT2D eigenvalue weighted by Crippen LogP contribution is 2.28. The number of aldehydes is 1. The van der Waals surface area contributed by atoms with Gasteiger partial charge >= 0.3 is 8.80 Å². The van der Waals surface area contributed by atoms with E-state index in [0.717, 1.165) is 12.7 Å². The van der Waals surface area contributed by atoms with Crippen molar-refractivity contribution < 1.29 is 18.1 Å². The summed E-state index contributed by atoms with van der Waals surface area (Å²) in [4.78, 5) is 10.6. The highest BCUT2D eigenvalue weighted by molar-refractivity contribution is 6.63. The van der Waals surface area contributed by atoms with Crippen LogP contribution in [0.15, 0.2) is 12.2 Å². The lowest BCUT2D eigenvalue weighted by atomic mass is 10.3. The van der Waals surface area contributed by atoms with Gasteiger partial charge in [-0.05, 0) is 6.42 Å². The molecule has 0 heterocycles. The lowest BCUT2D eigenvalue weighted by Gasteiger charge is -2.29. The molecule has 0 aromatic carbocycles. The summed E-state index contributed by atoms with van der Waals surface area (Å²) < 4.78 is 16.0. The van der Waals surface area contributed by atoms with Crippen LogP contribution in [0.1, 0.15) is 19.8 Å². The topological polar surface area (TPSA) is 44.8 Å². The molecular weight excluding hydrogens is 212 g/mol. The molecule has 0 aliphatic heterocycles. The smallest absolute Gasteiger partial charge is 0.376 e. The van der Waals surface area contributed by atoms with Crippen molar-refractivity contribution in [1.82, 2.24) is 0 Å². The minimum atomic E-state index is -2.72. The Hall–Kier alpha value is -0.493. The summed E-state index contributed by atoms with van der Waals surface area (Å²) in [6, 6.07) is 0. The molecule has 0 amide bonds. The zero-order chi connectivity index (χ0) is 11.7. The van der Waals surface area contributed by atoms with Crippen molar-refractivity contribution in [2.24, 2.45) is 0 Å². The Morgan fingerprint density at radius 3 is 2.07 bits per heavy atom. The number of allylic oxidation sites excluding steroid dienone is 2. The van der Waals surface area contributed by atoms with Gasteiger partial charge in [-0.15, -0.1) is 0 Å². The fraction of sp³-hybridized carbons (Fsp3) is 0.700. The van der Waals surface area contributed by atoms with Gasteiger partial charge in [-0.25, -0.2) is 0 Å². The molecule has 4 nitrogen and oxygen atoms in total. The first-order valence-corrected chi connectivity index (χ1v) is 6.76. The summed E-state index contributed by atoms with van der Waals surface area (Å²) in [6.07, 6.45) is 6.07. The van der Waals surface area contributed by atoms with Gasteiger partial charge in [-0.1, -0.05) is 19.1 Å². The quantitative estimate of drug-likeness (QED) is 0.363. The van der Waals surface area contributed by atoms with Gasteiger partial charge in [0, 0.05) is 27.8 Å². The van der Waals surface area contributed by atoms with E-state index >= 15 is 0 Å². The van der Waals surface area contributed by atoms with Crippen LogP contribution in [0.4, 0.5) is 0 Å². The van der Waals surface area contributed by atoms with Gasteiger partial charge in [0.2, 0.25) is 0 Å². The van der Waals surface area contributed by atoms with E-state index in [1.165, 1.54) is 0 Å². The standard InChI is InChI=1S/C10H20O4Si/c1-5-6-7-10(8-9-11)15(12-2,13-3)14-4/h6-7,9-10H,5,8H2,1-4H3.